The lowest BCUT2D eigenvalue weighted by Gasteiger charge is -2.20. The van der Waals surface area contributed by atoms with Crippen LogP contribution in [0.1, 0.15) is 44.8 Å². The summed E-state index contributed by atoms with van der Waals surface area (Å²) in [6.07, 6.45) is 5.09. The molecule has 1 aliphatic rings. The molecule has 1 aliphatic carbocycles. The number of aromatic nitrogens is 1. The van der Waals surface area contributed by atoms with Gasteiger partial charge in [-0.15, -0.1) is 0 Å². The fraction of sp³-hybridized carbons (Fsp3) is 0.615. The Morgan fingerprint density at radius 2 is 2.19 bits per heavy atom. The first-order valence-corrected chi connectivity index (χ1v) is 6.02. The van der Waals surface area contributed by atoms with Gasteiger partial charge in [-0.25, -0.2) is 4.39 Å². The van der Waals surface area contributed by atoms with Crippen LogP contribution in [0, 0.1) is 11.7 Å². The van der Waals surface area contributed by atoms with E-state index >= 15 is 0 Å². The summed E-state index contributed by atoms with van der Waals surface area (Å²) in [7, 11) is 0. The molecule has 3 heteroatoms. The lowest BCUT2D eigenvalue weighted by Crippen LogP contribution is -2.29. The monoisotopic (exact) mass is 222 g/mol. The maximum absolute atomic E-state index is 12.8. The Morgan fingerprint density at radius 1 is 1.44 bits per heavy atom. The molecule has 1 atom stereocenters. The molecule has 88 valence electrons. The van der Waals surface area contributed by atoms with Crippen molar-refractivity contribution in [3.8, 4) is 0 Å². The third kappa shape index (κ3) is 3.27. The van der Waals surface area contributed by atoms with Gasteiger partial charge in [0.25, 0.3) is 0 Å². The summed E-state index contributed by atoms with van der Waals surface area (Å²) in [5, 5.41) is 3.50. The van der Waals surface area contributed by atoms with Gasteiger partial charge in [0.2, 0.25) is 0 Å². The van der Waals surface area contributed by atoms with E-state index in [0.717, 1.165) is 18.0 Å². The van der Waals surface area contributed by atoms with Crippen molar-refractivity contribution in [1.29, 1.82) is 0 Å². The summed E-state index contributed by atoms with van der Waals surface area (Å²) in [5.41, 5.74) is 0.960. The van der Waals surface area contributed by atoms with Crippen LogP contribution in [0.4, 0.5) is 4.39 Å². The molecule has 1 saturated carbocycles. The zero-order valence-corrected chi connectivity index (χ0v) is 9.91. The molecule has 0 aromatic carbocycles. The first-order valence-electron chi connectivity index (χ1n) is 6.02. The number of pyridine rings is 1. The van der Waals surface area contributed by atoms with Gasteiger partial charge in [0.1, 0.15) is 5.82 Å². The Labute approximate surface area is 96.3 Å². The Balaban J connectivity index is 2.06. The minimum atomic E-state index is -0.265. The fourth-order valence-corrected chi connectivity index (χ4v) is 1.96. The molecule has 2 rings (SSSR count). The van der Waals surface area contributed by atoms with Gasteiger partial charge in [-0.2, -0.15) is 0 Å². The van der Waals surface area contributed by atoms with Crippen molar-refractivity contribution in [1.82, 2.24) is 10.3 Å². The number of halogens is 1. The van der Waals surface area contributed by atoms with Crippen molar-refractivity contribution < 1.29 is 4.39 Å². The molecule has 0 saturated heterocycles. The molecule has 16 heavy (non-hydrogen) atoms. The van der Waals surface area contributed by atoms with Crippen LogP contribution in [-0.2, 0) is 0 Å². The third-order valence-corrected chi connectivity index (χ3v) is 2.91. The van der Waals surface area contributed by atoms with Crippen LogP contribution in [0.5, 0.6) is 0 Å². The van der Waals surface area contributed by atoms with E-state index in [1.807, 2.05) is 0 Å². The molecule has 0 aliphatic heterocycles. The van der Waals surface area contributed by atoms with Gasteiger partial charge >= 0.3 is 0 Å². The van der Waals surface area contributed by atoms with Gasteiger partial charge in [-0.3, -0.25) is 4.98 Å². The largest absolute Gasteiger partial charge is 0.306 e. The summed E-state index contributed by atoms with van der Waals surface area (Å²) in [6, 6.07) is 3.98. The second kappa shape index (κ2) is 4.91. The molecule has 1 aromatic heterocycles. The van der Waals surface area contributed by atoms with Crippen LogP contribution in [0.3, 0.4) is 0 Å². The highest BCUT2D eigenvalue weighted by Crippen LogP contribution is 2.37. The molecule has 2 nitrogen and oxygen atoms in total. The minimum Gasteiger partial charge on any atom is -0.306 e. The topological polar surface area (TPSA) is 24.9 Å². The van der Waals surface area contributed by atoms with Crippen LogP contribution in [0.25, 0.3) is 0 Å². The standard InChI is InChI=1S/C13H19FN2/c1-9(2)16-13(7-10-3-4-10)12-6-5-11(14)8-15-12/h5-6,8-10,13,16H,3-4,7H2,1-2H3. The summed E-state index contributed by atoms with van der Waals surface area (Å²) in [4.78, 5) is 4.18. The number of rotatable bonds is 5. The smallest absolute Gasteiger partial charge is 0.141 e. The van der Waals surface area contributed by atoms with Gasteiger partial charge in [0, 0.05) is 12.1 Å². The van der Waals surface area contributed by atoms with Crippen LogP contribution in [0.2, 0.25) is 0 Å². The highest BCUT2D eigenvalue weighted by Gasteiger charge is 2.27. The average Bonchev–Trinajstić information content (AvgIpc) is 3.01. The number of hydrogen-bond acceptors (Lipinski definition) is 2. The first-order chi connectivity index (χ1) is 7.65. The van der Waals surface area contributed by atoms with E-state index in [4.69, 9.17) is 0 Å². The molecular formula is C13H19FN2. The highest BCUT2D eigenvalue weighted by atomic mass is 19.1. The predicted octanol–water partition coefficient (Wildman–Crippen LogP) is 3.06. The molecule has 0 amide bonds. The van der Waals surface area contributed by atoms with Gasteiger partial charge in [-0.05, 0) is 24.5 Å². The van der Waals surface area contributed by atoms with E-state index in [9.17, 15) is 4.39 Å². The predicted molar refractivity (Wildman–Crippen MR) is 62.5 cm³/mol. The SMILES string of the molecule is CC(C)NC(CC1CC1)c1ccc(F)cn1. The van der Waals surface area contributed by atoms with Crippen molar-refractivity contribution in [2.45, 2.75) is 45.2 Å². The molecular weight excluding hydrogens is 203 g/mol. The van der Waals surface area contributed by atoms with E-state index < -0.39 is 0 Å². The van der Waals surface area contributed by atoms with E-state index in [-0.39, 0.29) is 11.9 Å². The van der Waals surface area contributed by atoms with Gasteiger partial charge in [0.05, 0.1) is 11.9 Å². The molecule has 0 spiro atoms. The van der Waals surface area contributed by atoms with Crippen molar-refractivity contribution in [2.75, 3.05) is 0 Å². The number of nitrogens with one attached hydrogen (secondary N) is 1. The molecule has 1 fully saturated rings. The summed E-state index contributed by atoms with van der Waals surface area (Å²) in [6.45, 7) is 4.26. The molecule has 1 unspecified atom stereocenters. The van der Waals surface area contributed by atoms with Crippen molar-refractivity contribution in [2.24, 2.45) is 5.92 Å². The van der Waals surface area contributed by atoms with Crippen molar-refractivity contribution in [3.63, 3.8) is 0 Å². The first kappa shape index (κ1) is 11.5. The van der Waals surface area contributed by atoms with Crippen LogP contribution in [-0.4, -0.2) is 11.0 Å². The van der Waals surface area contributed by atoms with E-state index in [0.29, 0.717) is 6.04 Å². The zero-order chi connectivity index (χ0) is 11.5. The van der Waals surface area contributed by atoms with Crippen LogP contribution >= 0.6 is 0 Å². The van der Waals surface area contributed by atoms with Crippen molar-refractivity contribution in [3.05, 3.63) is 29.8 Å². The second-order valence-corrected chi connectivity index (χ2v) is 4.95. The maximum atomic E-state index is 12.8. The zero-order valence-electron chi connectivity index (χ0n) is 9.91. The number of hydrogen-bond donors (Lipinski definition) is 1. The Kier molecular flexibility index (Phi) is 3.54. The van der Waals surface area contributed by atoms with Crippen LogP contribution < -0.4 is 5.32 Å². The van der Waals surface area contributed by atoms with Gasteiger partial charge in [-0.1, -0.05) is 26.7 Å². The van der Waals surface area contributed by atoms with Crippen molar-refractivity contribution >= 4 is 0 Å². The molecule has 0 radical (unpaired) electrons. The van der Waals surface area contributed by atoms with Gasteiger partial charge < -0.3 is 5.32 Å². The maximum Gasteiger partial charge on any atom is 0.141 e. The lowest BCUT2D eigenvalue weighted by molar-refractivity contribution is 0.424. The third-order valence-electron chi connectivity index (χ3n) is 2.91. The normalized spacial score (nSPS) is 17.8. The Morgan fingerprint density at radius 3 is 2.69 bits per heavy atom. The fourth-order valence-electron chi connectivity index (χ4n) is 1.96. The van der Waals surface area contributed by atoms with E-state index in [1.54, 1.807) is 6.07 Å². The Bertz CT molecular complexity index is 326. The van der Waals surface area contributed by atoms with E-state index in [1.165, 1.54) is 25.1 Å². The average molecular weight is 222 g/mol. The van der Waals surface area contributed by atoms with Crippen LogP contribution in [0.15, 0.2) is 18.3 Å². The minimum absolute atomic E-state index is 0.265. The second-order valence-electron chi connectivity index (χ2n) is 4.95. The molecule has 1 heterocycles. The summed E-state index contributed by atoms with van der Waals surface area (Å²) in [5.74, 6) is 0.571. The molecule has 0 bridgehead atoms. The number of nitrogens with zero attached hydrogens (tertiary/aromatic N) is 1. The highest BCUT2D eigenvalue weighted by molar-refractivity contribution is 5.10. The van der Waals surface area contributed by atoms with Gasteiger partial charge in [0.15, 0.2) is 0 Å². The van der Waals surface area contributed by atoms with E-state index in [2.05, 4.69) is 24.1 Å². The quantitative estimate of drug-likeness (QED) is 0.828. The summed E-state index contributed by atoms with van der Waals surface area (Å²) < 4.78 is 12.8. The molecule has 1 N–H and O–H groups in total. The lowest BCUT2D eigenvalue weighted by atomic mass is 10.1. The summed E-state index contributed by atoms with van der Waals surface area (Å²) >= 11 is 0. The molecule has 1 aromatic rings. The Hall–Kier alpha value is -0.960.